The van der Waals surface area contributed by atoms with E-state index in [1.165, 1.54) is 18.4 Å². The molecular formula is C24H24N4O4S. The highest BCUT2D eigenvalue weighted by Crippen LogP contribution is 2.21. The topological polar surface area (TPSA) is 87.7 Å². The number of nitrogens with zero attached hydrogens (tertiary/aromatic N) is 4. The molecule has 9 heteroatoms. The van der Waals surface area contributed by atoms with Crippen LogP contribution in [-0.2, 0) is 16.0 Å². The molecule has 0 spiro atoms. The molecule has 2 aromatic carbocycles. The van der Waals surface area contributed by atoms with Crippen LogP contribution in [0.3, 0.4) is 0 Å². The monoisotopic (exact) mass is 464 g/mol. The van der Waals surface area contributed by atoms with Gasteiger partial charge in [-0.2, -0.15) is 10.1 Å². The van der Waals surface area contributed by atoms with Crippen LogP contribution in [0.4, 0.5) is 0 Å². The maximum Gasteiger partial charge on any atom is 0.337 e. The highest BCUT2D eigenvalue weighted by molar-refractivity contribution is 7.16. The van der Waals surface area contributed by atoms with Gasteiger partial charge in [0.15, 0.2) is 4.80 Å². The van der Waals surface area contributed by atoms with Crippen molar-refractivity contribution in [2.24, 2.45) is 4.99 Å². The summed E-state index contributed by atoms with van der Waals surface area (Å²) in [4.78, 5) is 30.0. The minimum Gasteiger partial charge on any atom is -0.465 e. The van der Waals surface area contributed by atoms with Crippen LogP contribution in [-0.4, -0.2) is 46.5 Å². The molecule has 170 valence electrons. The molecular weight excluding hydrogens is 440 g/mol. The summed E-state index contributed by atoms with van der Waals surface area (Å²) in [7, 11) is 1.35. The summed E-state index contributed by atoms with van der Waals surface area (Å²) in [5, 5.41) is 4.38. The Morgan fingerprint density at radius 2 is 1.94 bits per heavy atom. The Bertz CT molecular complexity index is 1370. The van der Waals surface area contributed by atoms with E-state index >= 15 is 0 Å². The van der Waals surface area contributed by atoms with Gasteiger partial charge in [0.05, 0.1) is 52.6 Å². The summed E-state index contributed by atoms with van der Waals surface area (Å²) in [5.74, 6) is -0.788. The number of hydrogen-bond donors (Lipinski definition) is 0. The van der Waals surface area contributed by atoms with Crippen LogP contribution in [0.5, 0.6) is 0 Å². The van der Waals surface area contributed by atoms with Crippen molar-refractivity contribution in [1.82, 2.24) is 14.3 Å². The predicted octanol–water partition coefficient (Wildman–Crippen LogP) is 3.76. The lowest BCUT2D eigenvalue weighted by molar-refractivity contribution is 0.0600. The Hall–Kier alpha value is -3.56. The predicted molar refractivity (Wildman–Crippen MR) is 126 cm³/mol. The van der Waals surface area contributed by atoms with Crippen molar-refractivity contribution in [3.8, 4) is 5.69 Å². The first-order chi connectivity index (χ1) is 16.0. The van der Waals surface area contributed by atoms with E-state index in [4.69, 9.17) is 9.47 Å². The summed E-state index contributed by atoms with van der Waals surface area (Å²) in [6.45, 7) is 5.38. The molecule has 1 amide bonds. The van der Waals surface area contributed by atoms with E-state index in [0.717, 1.165) is 15.9 Å². The minimum atomic E-state index is -0.412. The van der Waals surface area contributed by atoms with Gasteiger partial charge in [-0.25, -0.2) is 9.48 Å². The van der Waals surface area contributed by atoms with Gasteiger partial charge in [0.1, 0.15) is 0 Å². The van der Waals surface area contributed by atoms with Gasteiger partial charge in [0.2, 0.25) is 0 Å². The van der Waals surface area contributed by atoms with Crippen LogP contribution >= 0.6 is 11.3 Å². The number of thiazole rings is 1. The molecule has 0 aliphatic carbocycles. The molecule has 0 fully saturated rings. The Morgan fingerprint density at radius 3 is 2.67 bits per heavy atom. The molecule has 0 unspecified atom stereocenters. The molecule has 33 heavy (non-hydrogen) atoms. The van der Waals surface area contributed by atoms with Crippen LogP contribution in [0.1, 0.15) is 33.3 Å². The lowest BCUT2D eigenvalue weighted by Gasteiger charge is -2.06. The lowest BCUT2D eigenvalue weighted by atomic mass is 10.2. The second-order valence-corrected chi connectivity index (χ2v) is 8.22. The Morgan fingerprint density at radius 1 is 1.15 bits per heavy atom. The molecule has 8 nitrogen and oxygen atoms in total. The second-order valence-electron chi connectivity index (χ2n) is 7.22. The Kier molecular flexibility index (Phi) is 6.81. The van der Waals surface area contributed by atoms with E-state index in [1.807, 2.05) is 54.8 Å². The smallest absolute Gasteiger partial charge is 0.337 e. The maximum atomic E-state index is 13.1. The zero-order valence-electron chi connectivity index (χ0n) is 18.6. The summed E-state index contributed by atoms with van der Waals surface area (Å²) < 4.78 is 14.8. The number of amides is 1. The van der Waals surface area contributed by atoms with Gasteiger partial charge in [0.25, 0.3) is 5.91 Å². The fourth-order valence-electron chi connectivity index (χ4n) is 3.52. The fourth-order valence-corrected chi connectivity index (χ4v) is 4.61. The molecule has 0 radical (unpaired) electrons. The average Bonchev–Trinajstić information content (AvgIpc) is 3.38. The largest absolute Gasteiger partial charge is 0.465 e. The quantitative estimate of drug-likeness (QED) is 0.307. The van der Waals surface area contributed by atoms with Crippen LogP contribution in [0, 0.1) is 6.92 Å². The Labute approximate surface area is 194 Å². The number of rotatable bonds is 7. The summed E-state index contributed by atoms with van der Waals surface area (Å²) in [5.41, 5.74) is 3.34. The van der Waals surface area contributed by atoms with E-state index in [0.29, 0.717) is 41.4 Å². The highest BCUT2D eigenvalue weighted by atomic mass is 32.1. The van der Waals surface area contributed by atoms with Gasteiger partial charge < -0.3 is 14.0 Å². The van der Waals surface area contributed by atoms with Crippen LogP contribution in [0.2, 0.25) is 0 Å². The molecule has 0 saturated carbocycles. The van der Waals surface area contributed by atoms with Gasteiger partial charge >= 0.3 is 5.97 Å². The van der Waals surface area contributed by atoms with Crippen molar-refractivity contribution in [2.45, 2.75) is 20.4 Å². The maximum absolute atomic E-state index is 13.1. The number of ether oxygens (including phenoxy) is 2. The number of methoxy groups -OCH3 is 1. The van der Waals surface area contributed by atoms with Crippen LogP contribution in [0.25, 0.3) is 15.9 Å². The standard InChI is InChI=1S/C24H24N4O4S/c1-4-32-13-12-27-20-11-10-17(23(30)31-3)14-21(20)33-24(27)26-22(29)19-15-25-28(16(19)2)18-8-6-5-7-9-18/h5-11,14-15H,4,12-13H2,1-3H3. The third-order valence-corrected chi connectivity index (χ3v) is 6.25. The SMILES string of the molecule is CCOCCn1c(=NC(=O)c2cnn(-c3ccccc3)c2C)sc2cc(C(=O)OC)ccc21. The van der Waals surface area contributed by atoms with E-state index in [1.54, 1.807) is 23.0 Å². The number of carbonyl (C=O) groups is 2. The number of benzene rings is 2. The van der Waals surface area contributed by atoms with Crippen molar-refractivity contribution in [3.05, 3.63) is 76.4 Å². The highest BCUT2D eigenvalue weighted by Gasteiger charge is 2.16. The summed E-state index contributed by atoms with van der Waals surface area (Å²) in [6.07, 6.45) is 1.54. The van der Waals surface area contributed by atoms with Crippen LogP contribution in [0.15, 0.2) is 59.7 Å². The third kappa shape index (κ3) is 4.64. The van der Waals surface area contributed by atoms with E-state index in [2.05, 4.69) is 10.1 Å². The Balaban J connectivity index is 1.76. The number of hydrogen-bond acceptors (Lipinski definition) is 6. The fraction of sp³-hybridized carbons (Fsp3) is 0.250. The molecule has 0 aliphatic heterocycles. The normalized spacial score (nSPS) is 11.8. The van der Waals surface area contributed by atoms with E-state index in [-0.39, 0.29) is 5.91 Å². The first-order valence-corrected chi connectivity index (χ1v) is 11.3. The number of para-hydroxylation sites is 1. The van der Waals surface area contributed by atoms with E-state index in [9.17, 15) is 9.59 Å². The number of fused-ring (bicyclic) bond motifs is 1. The van der Waals surface area contributed by atoms with Gasteiger partial charge in [0, 0.05) is 13.2 Å². The first kappa shape index (κ1) is 22.6. The number of carbonyl (C=O) groups excluding carboxylic acids is 2. The third-order valence-electron chi connectivity index (χ3n) is 5.21. The van der Waals surface area contributed by atoms with Gasteiger partial charge in [-0.15, -0.1) is 0 Å². The van der Waals surface area contributed by atoms with Gasteiger partial charge in [-0.05, 0) is 44.2 Å². The molecule has 4 aromatic rings. The molecule has 0 aliphatic rings. The zero-order valence-corrected chi connectivity index (χ0v) is 19.5. The summed E-state index contributed by atoms with van der Waals surface area (Å²) in [6, 6.07) is 14.9. The molecule has 2 aromatic heterocycles. The van der Waals surface area contributed by atoms with Gasteiger partial charge in [-0.1, -0.05) is 29.5 Å². The zero-order chi connectivity index (χ0) is 23.4. The van der Waals surface area contributed by atoms with Crippen molar-refractivity contribution in [1.29, 1.82) is 0 Å². The van der Waals surface area contributed by atoms with E-state index < -0.39 is 5.97 Å². The average molecular weight is 465 g/mol. The molecule has 0 saturated heterocycles. The summed E-state index contributed by atoms with van der Waals surface area (Å²) >= 11 is 1.34. The van der Waals surface area contributed by atoms with Crippen molar-refractivity contribution in [3.63, 3.8) is 0 Å². The molecule has 2 heterocycles. The van der Waals surface area contributed by atoms with Crippen molar-refractivity contribution >= 4 is 33.4 Å². The van der Waals surface area contributed by atoms with Crippen LogP contribution < -0.4 is 4.80 Å². The molecule has 0 atom stereocenters. The van der Waals surface area contributed by atoms with Gasteiger partial charge in [-0.3, -0.25) is 4.79 Å². The molecule has 4 rings (SSSR count). The number of esters is 1. The van der Waals surface area contributed by atoms with Crippen molar-refractivity contribution < 1.29 is 19.1 Å². The number of aromatic nitrogens is 3. The second kappa shape index (κ2) is 9.93. The molecule has 0 bridgehead atoms. The van der Waals surface area contributed by atoms with Crippen molar-refractivity contribution in [2.75, 3.05) is 20.3 Å². The minimum absolute atomic E-state index is 0.375. The first-order valence-electron chi connectivity index (χ1n) is 10.5. The lowest BCUT2D eigenvalue weighted by Crippen LogP contribution is -2.20. The molecule has 0 N–H and O–H groups in total.